The van der Waals surface area contributed by atoms with Gasteiger partial charge in [0.25, 0.3) is 5.91 Å². The summed E-state index contributed by atoms with van der Waals surface area (Å²) in [5, 5.41) is 0. The molecular formula is C18H21N3O. The normalized spacial score (nSPS) is 16.5. The molecule has 1 aromatic heterocycles. The first kappa shape index (κ1) is 14.6. The number of hydrogen-bond acceptors (Lipinski definition) is 2. The minimum Gasteiger partial charge on any atom is -0.334 e. The van der Waals surface area contributed by atoms with Gasteiger partial charge in [-0.1, -0.05) is 32.9 Å². The second kappa shape index (κ2) is 4.83. The molecule has 0 atom stereocenters. The van der Waals surface area contributed by atoms with Crippen molar-refractivity contribution in [3.63, 3.8) is 0 Å². The van der Waals surface area contributed by atoms with Gasteiger partial charge in [-0.2, -0.15) is 0 Å². The van der Waals surface area contributed by atoms with Gasteiger partial charge in [0, 0.05) is 19.7 Å². The summed E-state index contributed by atoms with van der Waals surface area (Å²) in [6.45, 7) is 6.54. The van der Waals surface area contributed by atoms with Crippen molar-refractivity contribution in [2.45, 2.75) is 26.2 Å². The molecule has 0 saturated carbocycles. The van der Waals surface area contributed by atoms with Gasteiger partial charge in [0.1, 0.15) is 0 Å². The minimum atomic E-state index is 0.0299. The molecule has 2 heterocycles. The van der Waals surface area contributed by atoms with E-state index in [1.54, 1.807) is 17.4 Å². The Morgan fingerprint density at radius 1 is 1.18 bits per heavy atom. The van der Waals surface area contributed by atoms with Crippen LogP contribution in [0.5, 0.6) is 0 Å². The topological polar surface area (TPSA) is 38.1 Å². The molecule has 0 fully saturated rings. The quantitative estimate of drug-likeness (QED) is 0.758. The molecule has 0 saturated heterocycles. The van der Waals surface area contributed by atoms with Crippen molar-refractivity contribution in [2.24, 2.45) is 7.05 Å². The van der Waals surface area contributed by atoms with Gasteiger partial charge in [-0.25, -0.2) is 4.98 Å². The van der Waals surface area contributed by atoms with Crippen LogP contribution in [-0.4, -0.2) is 22.5 Å². The fourth-order valence-electron chi connectivity index (χ4n) is 2.70. The SMILES string of the molecule is CN1C(=O)/C(=C\c2cncn2C)c2ccc(C(C)(C)C)cc21. The molecule has 4 heteroatoms. The lowest BCUT2D eigenvalue weighted by Crippen LogP contribution is -2.21. The number of rotatable bonds is 1. The highest BCUT2D eigenvalue weighted by atomic mass is 16.2. The summed E-state index contributed by atoms with van der Waals surface area (Å²) in [5.74, 6) is 0.0299. The number of nitrogens with zero attached hydrogens (tertiary/aromatic N) is 3. The zero-order valence-corrected chi connectivity index (χ0v) is 13.7. The maximum absolute atomic E-state index is 12.6. The number of benzene rings is 1. The predicted octanol–water partition coefficient (Wildman–Crippen LogP) is 3.23. The lowest BCUT2D eigenvalue weighted by Gasteiger charge is -2.21. The summed E-state index contributed by atoms with van der Waals surface area (Å²) >= 11 is 0. The monoisotopic (exact) mass is 295 g/mol. The van der Waals surface area contributed by atoms with Gasteiger partial charge in [-0.05, 0) is 23.1 Å². The van der Waals surface area contributed by atoms with E-state index in [0.717, 1.165) is 22.5 Å². The molecular weight excluding hydrogens is 274 g/mol. The Morgan fingerprint density at radius 2 is 1.91 bits per heavy atom. The zero-order chi connectivity index (χ0) is 16.1. The van der Waals surface area contributed by atoms with Gasteiger partial charge in [0.05, 0.1) is 29.5 Å². The number of imidazole rings is 1. The molecule has 22 heavy (non-hydrogen) atoms. The molecule has 0 N–H and O–H groups in total. The Hall–Kier alpha value is -2.36. The molecule has 0 radical (unpaired) electrons. The summed E-state index contributed by atoms with van der Waals surface area (Å²) in [4.78, 5) is 18.4. The maximum Gasteiger partial charge on any atom is 0.258 e. The summed E-state index contributed by atoms with van der Waals surface area (Å²) < 4.78 is 1.90. The van der Waals surface area contributed by atoms with Crippen molar-refractivity contribution in [3.8, 4) is 0 Å². The van der Waals surface area contributed by atoms with Crippen LogP contribution in [0.4, 0.5) is 5.69 Å². The van der Waals surface area contributed by atoms with Crippen molar-refractivity contribution in [1.29, 1.82) is 0 Å². The number of fused-ring (bicyclic) bond motifs is 1. The van der Waals surface area contributed by atoms with Crippen LogP contribution < -0.4 is 4.90 Å². The molecule has 1 aromatic carbocycles. The van der Waals surface area contributed by atoms with Crippen LogP contribution in [0.15, 0.2) is 30.7 Å². The molecule has 2 aromatic rings. The van der Waals surface area contributed by atoms with E-state index >= 15 is 0 Å². The average Bonchev–Trinajstić information content (AvgIpc) is 2.96. The minimum absolute atomic E-state index is 0.0299. The number of aryl methyl sites for hydroxylation is 1. The maximum atomic E-state index is 12.6. The Morgan fingerprint density at radius 3 is 2.50 bits per heavy atom. The highest BCUT2D eigenvalue weighted by Crippen LogP contribution is 2.39. The number of aromatic nitrogens is 2. The Balaban J connectivity index is 2.13. The highest BCUT2D eigenvalue weighted by molar-refractivity contribution is 6.35. The standard InChI is InChI=1S/C18H21N3O/c1-18(2,3)12-6-7-14-15(9-13-10-19-11-20(13)4)17(22)21(5)16(14)8-12/h6-11H,1-5H3/b15-9-. The molecule has 0 spiro atoms. The van der Waals surface area contributed by atoms with Crippen molar-refractivity contribution < 1.29 is 4.79 Å². The Kier molecular flexibility index (Phi) is 3.20. The van der Waals surface area contributed by atoms with Gasteiger partial charge in [-0.3, -0.25) is 4.79 Å². The van der Waals surface area contributed by atoms with E-state index in [0.29, 0.717) is 0 Å². The van der Waals surface area contributed by atoms with Gasteiger partial charge in [0.15, 0.2) is 0 Å². The third-order valence-corrected chi connectivity index (χ3v) is 4.20. The van der Waals surface area contributed by atoms with Gasteiger partial charge in [0.2, 0.25) is 0 Å². The average molecular weight is 295 g/mol. The van der Waals surface area contributed by atoms with Crippen LogP contribution in [-0.2, 0) is 17.3 Å². The first-order valence-corrected chi connectivity index (χ1v) is 7.40. The van der Waals surface area contributed by atoms with E-state index in [9.17, 15) is 4.79 Å². The van der Waals surface area contributed by atoms with Crippen LogP contribution in [0.2, 0.25) is 0 Å². The fraction of sp³-hybridized carbons (Fsp3) is 0.333. The van der Waals surface area contributed by atoms with Gasteiger partial charge < -0.3 is 9.47 Å². The van der Waals surface area contributed by atoms with E-state index in [4.69, 9.17) is 0 Å². The van der Waals surface area contributed by atoms with E-state index in [1.807, 2.05) is 24.7 Å². The summed E-state index contributed by atoms with van der Waals surface area (Å²) in [6, 6.07) is 6.29. The number of amides is 1. The Bertz CT molecular complexity index is 778. The zero-order valence-electron chi connectivity index (χ0n) is 13.7. The lowest BCUT2D eigenvalue weighted by atomic mass is 9.86. The predicted molar refractivity (Wildman–Crippen MR) is 89.6 cm³/mol. The van der Waals surface area contributed by atoms with Crippen LogP contribution >= 0.6 is 0 Å². The second-order valence-corrected chi connectivity index (χ2v) is 6.83. The molecule has 0 aliphatic carbocycles. The molecule has 1 amide bonds. The van der Waals surface area contributed by atoms with Crippen LogP contribution in [0, 0.1) is 0 Å². The third kappa shape index (κ3) is 2.25. The molecule has 0 unspecified atom stereocenters. The fourth-order valence-corrected chi connectivity index (χ4v) is 2.70. The van der Waals surface area contributed by atoms with Crippen molar-refractivity contribution in [2.75, 3.05) is 11.9 Å². The third-order valence-electron chi connectivity index (χ3n) is 4.20. The molecule has 3 rings (SSSR count). The van der Waals surface area contributed by atoms with Crippen molar-refractivity contribution >= 4 is 23.2 Å². The second-order valence-electron chi connectivity index (χ2n) is 6.83. The summed E-state index contributed by atoms with van der Waals surface area (Å²) in [5.41, 5.74) is 4.90. The smallest absolute Gasteiger partial charge is 0.258 e. The summed E-state index contributed by atoms with van der Waals surface area (Å²) in [6.07, 6.45) is 5.41. The Labute approximate surface area is 131 Å². The number of likely N-dealkylation sites (N-methyl/N-ethyl adjacent to an activating group) is 1. The van der Waals surface area contributed by atoms with Crippen molar-refractivity contribution in [3.05, 3.63) is 47.5 Å². The van der Waals surface area contributed by atoms with Crippen LogP contribution in [0.3, 0.4) is 0 Å². The van der Waals surface area contributed by atoms with E-state index in [2.05, 4.69) is 44.0 Å². The van der Waals surface area contributed by atoms with E-state index < -0.39 is 0 Å². The number of carbonyl (C=O) groups is 1. The van der Waals surface area contributed by atoms with Crippen LogP contribution in [0.25, 0.3) is 11.6 Å². The first-order chi connectivity index (χ1) is 10.3. The van der Waals surface area contributed by atoms with Crippen molar-refractivity contribution in [1.82, 2.24) is 9.55 Å². The molecule has 1 aliphatic heterocycles. The number of hydrogen-bond donors (Lipinski definition) is 0. The molecule has 4 nitrogen and oxygen atoms in total. The summed E-state index contributed by atoms with van der Waals surface area (Å²) in [7, 11) is 3.75. The van der Waals surface area contributed by atoms with Gasteiger partial charge >= 0.3 is 0 Å². The largest absolute Gasteiger partial charge is 0.334 e. The van der Waals surface area contributed by atoms with Gasteiger partial charge in [-0.15, -0.1) is 0 Å². The first-order valence-electron chi connectivity index (χ1n) is 7.40. The lowest BCUT2D eigenvalue weighted by molar-refractivity contribution is -0.112. The number of carbonyl (C=O) groups excluding carboxylic acids is 1. The van der Waals surface area contributed by atoms with E-state index in [-0.39, 0.29) is 11.3 Å². The van der Waals surface area contributed by atoms with E-state index in [1.165, 1.54) is 5.56 Å². The number of anilines is 1. The molecule has 114 valence electrons. The molecule has 1 aliphatic rings. The molecule has 0 bridgehead atoms. The van der Waals surface area contributed by atoms with Crippen LogP contribution in [0.1, 0.15) is 37.6 Å². The highest BCUT2D eigenvalue weighted by Gasteiger charge is 2.31.